The molecule has 2 aromatic rings. The Balaban J connectivity index is 1.22. The maximum absolute atomic E-state index is 13.0. The lowest BCUT2D eigenvalue weighted by Gasteiger charge is -2.42. The number of hydrogen-bond donors (Lipinski definition) is 0. The van der Waals surface area contributed by atoms with E-state index in [0.29, 0.717) is 24.5 Å². The summed E-state index contributed by atoms with van der Waals surface area (Å²) >= 11 is 0.917. The number of rotatable bonds is 4. The fourth-order valence-electron chi connectivity index (χ4n) is 4.97. The Morgan fingerprint density at radius 2 is 1.85 bits per heavy atom. The molecule has 0 N–H and O–H groups in total. The van der Waals surface area contributed by atoms with Crippen molar-refractivity contribution >= 4 is 34.9 Å². The Labute approximate surface area is 196 Å². The molecule has 2 fully saturated rings. The zero-order valence-electron chi connectivity index (χ0n) is 18.4. The van der Waals surface area contributed by atoms with Crippen molar-refractivity contribution in [3.63, 3.8) is 0 Å². The lowest BCUT2D eigenvalue weighted by Crippen LogP contribution is -2.49. The van der Waals surface area contributed by atoms with Crippen molar-refractivity contribution in [3.8, 4) is 0 Å². The van der Waals surface area contributed by atoms with Crippen molar-refractivity contribution in [1.82, 2.24) is 14.4 Å². The molecule has 0 unspecified atom stereocenters. The number of likely N-dealkylation sites (tertiary alicyclic amines) is 1. The molecule has 3 aliphatic heterocycles. The van der Waals surface area contributed by atoms with Crippen LogP contribution in [0.15, 0.2) is 52.2 Å². The summed E-state index contributed by atoms with van der Waals surface area (Å²) in [5.41, 5.74) is 2.99. The highest BCUT2D eigenvalue weighted by Gasteiger charge is 2.38. The van der Waals surface area contributed by atoms with Gasteiger partial charge >= 0.3 is 0 Å². The number of amides is 3. The molecule has 8 heteroatoms. The van der Waals surface area contributed by atoms with Crippen LogP contribution in [0, 0.1) is 12.8 Å². The highest BCUT2D eigenvalue weighted by atomic mass is 32.2. The van der Waals surface area contributed by atoms with Gasteiger partial charge in [-0.3, -0.25) is 24.1 Å². The second-order valence-electron chi connectivity index (χ2n) is 8.99. The monoisotopic (exact) mass is 463 g/mol. The average molecular weight is 464 g/mol. The van der Waals surface area contributed by atoms with Gasteiger partial charge in [0.15, 0.2) is 0 Å². The van der Waals surface area contributed by atoms with Gasteiger partial charge in [0.25, 0.3) is 16.7 Å². The summed E-state index contributed by atoms with van der Waals surface area (Å²) in [6, 6.07) is 13.1. The van der Waals surface area contributed by atoms with Crippen LogP contribution in [0.4, 0.5) is 4.79 Å². The summed E-state index contributed by atoms with van der Waals surface area (Å²) in [5.74, 6) is -0.0138. The molecule has 0 spiro atoms. The Bertz CT molecular complexity index is 1220. The molecule has 33 heavy (non-hydrogen) atoms. The molecule has 4 heterocycles. The number of carbonyl (C=O) groups excluding carboxylic acids is 3. The van der Waals surface area contributed by atoms with Gasteiger partial charge in [-0.25, -0.2) is 0 Å². The first-order valence-electron chi connectivity index (χ1n) is 11.2. The molecule has 7 nitrogen and oxygen atoms in total. The highest BCUT2D eigenvalue weighted by Crippen LogP contribution is 2.36. The van der Waals surface area contributed by atoms with E-state index in [9.17, 15) is 19.2 Å². The van der Waals surface area contributed by atoms with Crippen molar-refractivity contribution in [3.05, 3.63) is 74.5 Å². The van der Waals surface area contributed by atoms with Crippen LogP contribution in [0.25, 0.3) is 6.08 Å². The molecular formula is C25H25N3O4S. The van der Waals surface area contributed by atoms with Gasteiger partial charge < -0.3 is 9.47 Å². The first-order chi connectivity index (χ1) is 15.9. The third-order valence-corrected chi connectivity index (χ3v) is 7.54. The van der Waals surface area contributed by atoms with Crippen LogP contribution in [0.5, 0.6) is 0 Å². The summed E-state index contributed by atoms with van der Waals surface area (Å²) in [4.78, 5) is 53.7. The summed E-state index contributed by atoms with van der Waals surface area (Å²) in [6.07, 6.45) is 2.80. The SMILES string of the molecule is Cc1ccc(C=C2SC(=O)N(CCC(=O)N3C[C@H]4C[C@@H](C3)c3cccc(=O)n3C4)C2=O)cc1. The summed E-state index contributed by atoms with van der Waals surface area (Å²) in [7, 11) is 0. The van der Waals surface area contributed by atoms with Gasteiger partial charge in [-0.1, -0.05) is 35.9 Å². The van der Waals surface area contributed by atoms with Crippen LogP contribution in [-0.2, 0) is 16.1 Å². The van der Waals surface area contributed by atoms with Crippen molar-refractivity contribution in [2.24, 2.45) is 5.92 Å². The number of aromatic nitrogens is 1. The van der Waals surface area contributed by atoms with Crippen LogP contribution in [0.3, 0.4) is 0 Å². The number of piperidine rings is 1. The van der Waals surface area contributed by atoms with Crippen LogP contribution in [0.2, 0.25) is 0 Å². The molecule has 5 rings (SSSR count). The third-order valence-electron chi connectivity index (χ3n) is 6.63. The van der Waals surface area contributed by atoms with Crippen LogP contribution in [-0.4, -0.2) is 51.1 Å². The van der Waals surface area contributed by atoms with Gasteiger partial charge in [0, 0.05) is 50.3 Å². The molecule has 0 aliphatic carbocycles. The molecule has 170 valence electrons. The van der Waals surface area contributed by atoms with E-state index in [0.717, 1.165) is 35.0 Å². The van der Waals surface area contributed by atoms with E-state index in [4.69, 9.17) is 0 Å². The minimum absolute atomic E-state index is 0.0139. The number of hydrogen-bond acceptors (Lipinski definition) is 5. The lowest BCUT2D eigenvalue weighted by atomic mass is 9.83. The van der Waals surface area contributed by atoms with E-state index in [2.05, 4.69) is 0 Å². The molecule has 2 saturated heterocycles. The van der Waals surface area contributed by atoms with E-state index in [-0.39, 0.29) is 47.4 Å². The second kappa shape index (κ2) is 8.67. The van der Waals surface area contributed by atoms with E-state index in [1.54, 1.807) is 18.2 Å². The number of benzene rings is 1. The van der Waals surface area contributed by atoms with Crippen LogP contribution >= 0.6 is 11.8 Å². The first kappa shape index (κ1) is 21.7. The van der Waals surface area contributed by atoms with Crippen LogP contribution < -0.4 is 5.56 Å². The van der Waals surface area contributed by atoms with Gasteiger partial charge in [0.2, 0.25) is 5.91 Å². The van der Waals surface area contributed by atoms with Gasteiger partial charge in [-0.15, -0.1) is 0 Å². The molecule has 0 saturated carbocycles. The van der Waals surface area contributed by atoms with Crippen LogP contribution in [0.1, 0.15) is 35.6 Å². The summed E-state index contributed by atoms with van der Waals surface area (Å²) in [5, 5.41) is -0.338. The second-order valence-corrected chi connectivity index (χ2v) is 9.98. The normalized spacial score (nSPS) is 23.2. The number of fused-ring (bicyclic) bond motifs is 4. The Morgan fingerprint density at radius 1 is 1.06 bits per heavy atom. The molecule has 0 radical (unpaired) electrons. The predicted octanol–water partition coefficient (Wildman–Crippen LogP) is 3.23. The van der Waals surface area contributed by atoms with E-state index in [1.165, 1.54) is 4.90 Å². The molecule has 2 atom stereocenters. The Morgan fingerprint density at radius 3 is 2.64 bits per heavy atom. The first-order valence-corrected chi connectivity index (χ1v) is 12.0. The smallest absolute Gasteiger partial charge is 0.293 e. The Kier molecular flexibility index (Phi) is 5.70. The topological polar surface area (TPSA) is 79.7 Å². The van der Waals surface area contributed by atoms with E-state index >= 15 is 0 Å². The van der Waals surface area contributed by atoms with Gasteiger partial charge in [-0.2, -0.15) is 0 Å². The van der Waals surface area contributed by atoms with E-state index in [1.807, 2.05) is 46.7 Å². The molecular weight excluding hydrogens is 438 g/mol. The van der Waals surface area contributed by atoms with Gasteiger partial charge in [-0.05, 0) is 48.7 Å². The molecule has 3 aliphatic rings. The maximum Gasteiger partial charge on any atom is 0.293 e. The predicted molar refractivity (Wildman–Crippen MR) is 127 cm³/mol. The minimum Gasteiger partial charge on any atom is -0.342 e. The van der Waals surface area contributed by atoms with Crippen molar-refractivity contribution < 1.29 is 14.4 Å². The average Bonchev–Trinajstić information content (AvgIpc) is 3.06. The number of thioether (sulfide) groups is 1. The molecule has 3 amide bonds. The molecule has 1 aromatic carbocycles. The number of aryl methyl sites for hydroxylation is 1. The lowest BCUT2D eigenvalue weighted by molar-refractivity contribution is -0.134. The van der Waals surface area contributed by atoms with Crippen molar-refractivity contribution in [2.45, 2.75) is 32.2 Å². The van der Waals surface area contributed by atoms with Gasteiger partial charge in [0.1, 0.15) is 0 Å². The van der Waals surface area contributed by atoms with E-state index < -0.39 is 0 Å². The third kappa shape index (κ3) is 4.27. The van der Waals surface area contributed by atoms with Crippen molar-refractivity contribution in [2.75, 3.05) is 19.6 Å². The molecule has 2 bridgehead atoms. The maximum atomic E-state index is 13.0. The summed E-state index contributed by atoms with van der Waals surface area (Å²) < 4.78 is 1.83. The fourth-order valence-corrected chi connectivity index (χ4v) is 5.84. The highest BCUT2D eigenvalue weighted by molar-refractivity contribution is 8.18. The number of imide groups is 1. The quantitative estimate of drug-likeness (QED) is 0.651. The number of nitrogens with zero attached hydrogens (tertiary/aromatic N) is 3. The molecule has 1 aromatic heterocycles. The Hall–Kier alpha value is -3.13. The number of pyridine rings is 1. The van der Waals surface area contributed by atoms with Gasteiger partial charge in [0.05, 0.1) is 4.91 Å². The largest absolute Gasteiger partial charge is 0.342 e. The zero-order chi connectivity index (χ0) is 23.1. The fraction of sp³-hybridized carbons (Fsp3) is 0.360. The summed E-state index contributed by atoms with van der Waals surface area (Å²) in [6.45, 7) is 3.86. The minimum atomic E-state index is -0.345. The standard InChI is InChI=1S/C25H25N3O4S/c1-16-5-7-17(8-6-16)12-21-24(31)27(25(32)33-21)10-9-22(29)26-13-18-11-19(15-26)20-3-2-4-23(30)28(20)14-18/h2-8,12,18-19H,9-11,13-15H2,1H3/t18-,19+/m1/s1. The van der Waals surface area contributed by atoms with Crippen molar-refractivity contribution in [1.29, 1.82) is 0 Å². The zero-order valence-corrected chi connectivity index (χ0v) is 19.2. The number of carbonyl (C=O) groups is 3.